The zero-order valence-electron chi connectivity index (χ0n) is 12.7. The highest BCUT2D eigenvalue weighted by Gasteiger charge is 2.33. The van der Waals surface area contributed by atoms with Crippen LogP contribution in [0.25, 0.3) is 0 Å². The quantitative estimate of drug-likeness (QED) is 0.842. The molecule has 1 saturated heterocycles. The van der Waals surface area contributed by atoms with Crippen LogP contribution >= 0.6 is 0 Å². The molecule has 118 valence electrons. The number of nitrogens with zero attached hydrogens (tertiary/aromatic N) is 2. The molecule has 0 unspecified atom stereocenters. The minimum absolute atomic E-state index is 0.262. The summed E-state index contributed by atoms with van der Waals surface area (Å²) < 4.78 is 29.5. The lowest BCUT2D eigenvalue weighted by molar-refractivity contribution is -0.131. The lowest BCUT2D eigenvalue weighted by Gasteiger charge is -2.32. The molecule has 0 aromatic carbocycles. The Kier molecular flexibility index (Phi) is 4.70. The van der Waals surface area contributed by atoms with E-state index in [-0.39, 0.29) is 11.7 Å². The minimum atomic E-state index is -3.58. The second kappa shape index (κ2) is 6.17. The Morgan fingerprint density at radius 3 is 2.62 bits per heavy atom. The zero-order valence-corrected chi connectivity index (χ0v) is 13.5. The number of sulfone groups is 1. The number of aryl methyl sites for hydroxylation is 1. The molecule has 1 aliphatic rings. The van der Waals surface area contributed by atoms with Crippen LogP contribution in [0.3, 0.4) is 0 Å². The van der Waals surface area contributed by atoms with E-state index in [2.05, 4.69) is 12.1 Å². The van der Waals surface area contributed by atoms with Gasteiger partial charge in [-0.2, -0.15) is 0 Å². The van der Waals surface area contributed by atoms with Crippen LogP contribution in [0.1, 0.15) is 38.1 Å². The van der Waals surface area contributed by atoms with Gasteiger partial charge in [0.2, 0.25) is 5.91 Å². The largest absolute Gasteiger partial charge is 0.361 e. The maximum absolute atomic E-state index is 12.3. The average Bonchev–Trinajstić information content (AvgIpc) is 2.82. The first-order valence-corrected chi connectivity index (χ1v) is 8.93. The predicted molar refractivity (Wildman–Crippen MR) is 78.3 cm³/mol. The summed E-state index contributed by atoms with van der Waals surface area (Å²) in [6, 6.07) is 1.58. The fourth-order valence-corrected chi connectivity index (χ4v) is 3.71. The maximum atomic E-state index is 12.3. The standard InChI is InChI=1S/C14H22N2O4S/c1-10-4-6-16(7-5-10)14(17)12(3)21(18,19)9-13-8-11(2)20-15-13/h8,10,12H,4-7,9H2,1-3H3/t12-/m0/s1. The molecule has 2 rings (SSSR count). The van der Waals surface area contributed by atoms with E-state index in [0.717, 1.165) is 12.8 Å². The Hall–Kier alpha value is -1.37. The minimum Gasteiger partial charge on any atom is -0.361 e. The second-order valence-corrected chi connectivity index (χ2v) is 8.21. The van der Waals surface area contributed by atoms with Crippen LogP contribution in [0.2, 0.25) is 0 Å². The summed E-state index contributed by atoms with van der Waals surface area (Å²) in [4.78, 5) is 14.0. The van der Waals surface area contributed by atoms with Gasteiger partial charge in [0.1, 0.15) is 11.0 Å². The van der Waals surface area contributed by atoms with Crippen molar-refractivity contribution in [3.8, 4) is 0 Å². The molecule has 1 aromatic rings. The third-order valence-electron chi connectivity index (χ3n) is 4.01. The highest BCUT2D eigenvalue weighted by molar-refractivity contribution is 7.92. The first-order valence-electron chi connectivity index (χ1n) is 7.22. The number of hydrogen-bond donors (Lipinski definition) is 0. The molecule has 6 nitrogen and oxygen atoms in total. The molecule has 0 saturated carbocycles. The highest BCUT2D eigenvalue weighted by Crippen LogP contribution is 2.19. The molecule has 0 spiro atoms. The Labute approximate surface area is 125 Å². The Morgan fingerprint density at radius 2 is 2.10 bits per heavy atom. The molecule has 0 N–H and O–H groups in total. The Morgan fingerprint density at radius 1 is 1.48 bits per heavy atom. The van der Waals surface area contributed by atoms with Gasteiger partial charge in [0, 0.05) is 19.2 Å². The lowest BCUT2D eigenvalue weighted by Crippen LogP contribution is -2.45. The van der Waals surface area contributed by atoms with Gasteiger partial charge in [-0.05, 0) is 32.6 Å². The SMILES string of the molecule is Cc1cc(CS(=O)(=O)[C@@H](C)C(=O)N2CCC(C)CC2)no1. The van der Waals surface area contributed by atoms with Crippen molar-refractivity contribution in [3.05, 3.63) is 17.5 Å². The Bertz CT molecular complexity index is 600. The van der Waals surface area contributed by atoms with Crippen molar-refractivity contribution in [1.29, 1.82) is 0 Å². The van der Waals surface area contributed by atoms with Crippen molar-refractivity contribution in [1.82, 2.24) is 10.1 Å². The number of carbonyl (C=O) groups is 1. The summed E-state index contributed by atoms with van der Waals surface area (Å²) in [5, 5.41) is 2.65. The number of piperidine rings is 1. The molecular weight excluding hydrogens is 292 g/mol. The summed E-state index contributed by atoms with van der Waals surface area (Å²) >= 11 is 0. The molecule has 1 aliphatic heterocycles. The van der Waals surface area contributed by atoms with Gasteiger partial charge in [-0.15, -0.1) is 0 Å². The van der Waals surface area contributed by atoms with Crippen molar-refractivity contribution in [2.45, 2.75) is 44.6 Å². The van der Waals surface area contributed by atoms with Gasteiger partial charge in [-0.1, -0.05) is 12.1 Å². The molecule has 1 fully saturated rings. The monoisotopic (exact) mass is 314 g/mol. The summed E-state index contributed by atoms with van der Waals surface area (Å²) in [6.45, 7) is 6.59. The van der Waals surface area contributed by atoms with E-state index < -0.39 is 15.1 Å². The second-order valence-electron chi connectivity index (χ2n) is 5.89. The van der Waals surface area contributed by atoms with Gasteiger partial charge in [-0.25, -0.2) is 8.42 Å². The smallest absolute Gasteiger partial charge is 0.240 e. The lowest BCUT2D eigenvalue weighted by atomic mass is 9.99. The molecule has 1 atom stereocenters. The molecule has 1 amide bonds. The van der Waals surface area contributed by atoms with Crippen molar-refractivity contribution >= 4 is 15.7 Å². The van der Waals surface area contributed by atoms with Crippen LogP contribution < -0.4 is 0 Å². The van der Waals surface area contributed by atoms with E-state index in [9.17, 15) is 13.2 Å². The summed E-state index contributed by atoms with van der Waals surface area (Å²) in [5.41, 5.74) is 0.347. The summed E-state index contributed by atoms with van der Waals surface area (Å²) in [6.07, 6.45) is 1.86. The van der Waals surface area contributed by atoms with Crippen molar-refractivity contribution in [2.75, 3.05) is 13.1 Å². The summed E-state index contributed by atoms with van der Waals surface area (Å²) in [5.74, 6) is 0.590. The molecule has 2 heterocycles. The van der Waals surface area contributed by atoms with Gasteiger partial charge < -0.3 is 9.42 Å². The van der Waals surface area contributed by atoms with E-state index in [1.54, 1.807) is 17.9 Å². The van der Waals surface area contributed by atoms with Crippen LogP contribution in [-0.4, -0.2) is 42.7 Å². The molecule has 0 aliphatic carbocycles. The number of amides is 1. The molecule has 0 radical (unpaired) electrons. The van der Waals surface area contributed by atoms with Crippen LogP contribution in [0.15, 0.2) is 10.6 Å². The van der Waals surface area contributed by atoms with Gasteiger partial charge in [0.05, 0.1) is 11.4 Å². The molecule has 21 heavy (non-hydrogen) atoms. The van der Waals surface area contributed by atoms with Gasteiger partial charge in [0.25, 0.3) is 0 Å². The van der Waals surface area contributed by atoms with E-state index in [1.807, 2.05) is 0 Å². The normalized spacial score (nSPS) is 18.7. The first kappa shape index (κ1) is 16.0. The molecule has 0 bridgehead atoms. The number of carbonyl (C=O) groups excluding carboxylic acids is 1. The van der Waals surface area contributed by atoms with E-state index in [1.165, 1.54) is 6.92 Å². The first-order chi connectivity index (χ1) is 9.79. The molecule has 1 aromatic heterocycles. The van der Waals surface area contributed by atoms with Crippen LogP contribution in [0.5, 0.6) is 0 Å². The average molecular weight is 314 g/mol. The van der Waals surface area contributed by atoms with Gasteiger partial charge >= 0.3 is 0 Å². The zero-order chi connectivity index (χ0) is 15.6. The number of hydrogen-bond acceptors (Lipinski definition) is 5. The van der Waals surface area contributed by atoms with Crippen molar-refractivity contribution in [2.24, 2.45) is 5.92 Å². The highest BCUT2D eigenvalue weighted by atomic mass is 32.2. The fourth-order valence-electron chi connectivity index (χ4n) is 2.46. The number of rotatable bonds is 4. The Balaban J connectivity index is 2.03. The maximum Gasteiger partial charge on any atom is 0.240 e. The van der Waals surface area contributed by atoms with Crippen molar-refractivity contribution in [3.63, 3.8) is 0 Å². The van der Waals surface area contributed by atoms with Crippen LogP contribution in [0, 0.1) is 12.8 Å². The topological polar surface area (TPSA) is 80.5 Å². The summed E-state index contributed by atoms with van der Waals surface area (Å²) in [7, 11) is -3.58. The van der Waals surface area contributed by atoms with Gasteiger partial charge in [0.15, 0.2) is 9.84 Å². The van der Waals surface area contributed by atoms with Crippen LogP contribution in [-0.2, 0) is 20.4 Å². The van der Waals surface area contributed by atoms with E-state index >= 15 is 0 Å². The van der Waals surface area contributed by atoms with E-state index in [0.29, 0.717) is 30.5 Å². The van der Waals surface area contributed by atoms with Gasteiger partial charge in [-0.3, -0.25) is 4.79 Å². The third-order valence-corrected chi connectivity index (χ3v) is 5.98. The van der Waals surface area contributed by atoms with E-state index in [4.69, 9.17) is 4.52 Å². The molecular formula is C14H22N2O4S. The number of aromatic nitrogens is 1. The predicted octanol–water partition coefficient (Wildman–Crippen LogP) is 1.54. The van der Waals surface area contributed by atoms with Crippen molar-refractivity contribution < 1.29 is 17.7 Å². The molecule has 7 heteroatoms. The third kappa shape index (κ3) is 3.84. The fraction of sp³-hybridized carbons (Fsp3) is 0.714. The number of likely N-dealkylation sites (tertiary alicyclic amines) is 1. The van der Waals surface area contributed by atoms with Crippen LogP contribution in [0.4, 0.5) is 0 Å².